The van der Waals surface area contributed by atoms with E-state index in [0.29, 0.717) is 0 Å². The first kappa shape index (κ1) is 53.8. The van der Waals surface area contributed by atoms with Gasteiger partial charge in [-0.3, -0.25) is 42.4 Å². The molecule has 1 amide bonds. The van der Waals surface area contributed by atoms with Gasteiger partial charge in [-0.25, -0.2) is 33.7 Å². The van der Waals surface area contributed by atoms with Crippen LogP contribution < -0.4 is 31.9 Å². The molecule has 10 atom stereocenters. The summed E-state index contributed by atoms with van der Waals surface area (Å²) in [4.78, 5) is 110. The molecule has 2 fully saturated rings. The van der Waals surface area contributed by atoms with Gasteiger partial charge in [-0.15, -0.1) is 6.58 Å². The Bertz CT molecular complexity index is 2790. The van der Waals surface area contributed by atoms with Crippen molar-refractivity contribution >= 4 is 62.0 Å². The van der Waals surface area contributed by atoms with Crippen molar-refractivity contribution in [2.75, 3.05) is 38.9 Å². The highest BCUT2D eigenvalue weighted by Gasteiger charge is 2.51. The zero-order chi connectivity index (χ0) is 51.9. The summed E-state index contributed by atoms with van der Waals surface area (Å²) in [7, 11) is -7.98. The third-order valence-electron chi connectivity index (χ3n) is 10.8. The van der Waals surface area contributed by atoms with E-state index in [1.54, 1.807) is 0 Å². The molecule has 31 nitrogen and oxygen atoms in total. The Hall–Kier alpha value is -6.50. The zero-order valence-corrected chi connectivity index (χ0v) is 39.4. The Balaban J connectivity index is 1.26. The van der Waals surface area contributed by atoms with Gasteiger partial charge < -0.3 is 65.0 Å². The first-order valence-corrected chi connectivity index (χ1v) is 23.9. The van der Waals surface area contributed by atoms with E-state index in [1.165, 1.54) is 50.1 Å². The predicted octanol–water partition coefficient (Wildman–Crippen LogP) is 0.0726. The fourth-order valence-corrected chi connectivity index (χ4v) is 8.59. The number of nitrogens with one attached hydrogen (secondary N) is 1. The molecule has 33 heteroatoms. The van der Waals surface area contributed by atoms with Gasteiger partial charge >= 0.3 is 33.3 Å². The van der Waals surface area contributed by atoms with Gasteiger partial charge in [0.15, 0.2) is 35.3 Å². The summed E-state index contributed by atoms with van der Waals surface area (Å²) < 4.78 is 75.8. The lowest BCUT2D eigenvalue weighted by molar-refractivity contribution is -0.385. The van der Waals surface area contributed by atoms with Crippen molar-refractivity contribution in [1.29, 1.82) is 0 Å². The maximum Gasteiger partial charge on any atom is 0.472 e. The van der Waals surface area contributed by atoms with E-state index in [0.717, 1.165) is 23.3 Å². The number of phosphoric ester groups is 2. The Morgan fingerprint density at radius 3 is 2.41 bits per heavy atom. The number of imidazole rings is 1. The number of hydrogen-bond donors (Lipinski definition) is 7. The average Bonchev–Trinajstić information content (AvgIpc) is 4.01. The molecule has 2 aliphatic rings. The number of esters is 2. The summed E-state index contributed by atoms with van der Waals surface area (Å²) in [6, 6.07) is 1.60. The lowest BCUT2D eigenvalue weighted by Gasteiger charge is -2.27. The summed E-state index contributed by atoms with van der Waals surface area (Å²) in [5.74, 6) is -5.07. The largest absolute Gasteiger partial charge is 0.493 e. The number of carbonyl (C=O) groups is 3. The summed E-state index contributed by atoms with van der Waals surface area (Å²) in [5.41, 5.74) is 10.1. The highest BCUT2D eigenvalue weighted by molar-refractivity contribution is 7.47. The molecule has 4 aromatic rings. The molecule has 71 heavy (non-hydrogen) atoms. The van der Waals surface area contributed by atoms with Crippen LogP contribution in [0, 0.1) is 16.0 Å². The molecule has 1 unspecified atom stereocenters. The highest BCUT2D eigenvalue weighted by atomic mass is 31.2. The lowest BCUT2D eigenvalue weighted by Crippen LogP contribution is -2.51. The van der Waals surface area contributed by atoms with Gasteiger partial charge in [-0.1, -0.05) is 6.08 Å². The number of nitrogens with two attached hydrogens (primary N) is 2. The number of benzene rings is 1. The van der Waals surface area contributed by atoms with Gasteiger partial charge in [0.05, 0.1) is 56.2 Å². The molecule has 1 aromatic carbocycles. The molecule has 5 heterocycles. The maximum atomic E-state index is 14.3. The number of aliphatic hydroxyl groups excluding tert-OH is 1. The number of phosphoric acid groups is 2. The summed E-state index contributed by atoms with van der Waals surface area (Å²) in [6.45, 7) is 2.05. The fourth-order valence-electron chi connectivity index (χ4n) is 7.29. The first-order valence-electron chi connectivity index (χ1n) is 20.8. The summed E-state index contributed by atoms with van der Waals surface area (Å²) in [6.07, 6.45) is -7.18. The number of aromatic nitrogens is 6. The molecular formula is C38H48N10O21P2. The number of amides is 1. The minimum atomic E-state index is -5.36. The predicted molar refractivity (Wildman–Crippen MR) is 236 cm³/mol. The molecule has 0 radical (unpaired) electrons. The second-order valence-corrected chi connectivity index (χ2v) is 18.1. The second-order valence-electron chi connectivity index (χ2n) is 15.5. The monoisotopic (exact) mass is 1040 g/mol. The standard InChI is InChI=1S/C38H48N10O21P2/c1-5-6-7-27(49)45-29(18(2)36(51)63-13-19-10-21(61-3)22(62-4)11-20(19)48(54)55)37(52)68-32-25(67-35(31(32)50)47-17-43-30-33(40)41-16-42-34(30)47)15-65-71(59,60)69-23-12-28(46-9-8-26(39)44-38(46)53)66-24(23)14-64-70(56,57)58/h5,8-11,16-18,23-25,28-29,31-32,35,50H,1,6-7,12-15H2,2-4H3,(H,45,49)(H,59,60)(H2,39,44,53)(H2,40,41,42)(H2,56,57,58)/t18-,23-,24+,25+,28+,29-,31+,32+,35+/m0/s1. The number of methoxy groups -OCH3 is 2. The number of nitro groups is 1. The summed E-state index contributed by atoms with van der Waals surface area (Å²) in [5, 5.41) is 26.1. The number of nitrogens with zero attached hydrogens (tertiary/aromatic N) is 7. The van der Waals surface area contributed by atoms with Crippen LogP contribution in [0.2, 0.25) is 0 Å². The first-order chi connectivity index (χ1) is 33.5. The molecule has 6 rings (SSSR count). The second kappa shape index (κ2) is 22.7. The van der Waals surface area contributed by atoms with Gasteiger partial charge in [0.1, 0.15) is 61.0 Å². The van der Waals surface area contributed by atoms with Crippen LogP contribution >= 0.6 is 15.6 Å². The van der Waals surface area contributed by atoms with Crippen LogP contribution in [0.25, 0.3) is 11.2 Å². The van der Waals surface area contributed by atoms with Crippen LogP contribution in [0.15, 0.2) is 54.5 Å². The molecule has 0 saturated carbocycles. The average molecular weight is 1040 g/mol. The number of rotatable bonds is 23. The Morgan fingerprint density at radius 2 is 1.75 bits per heavy atom. The summed E-state index contributed by atoms with van der Waals surface area (Å²) >= 11 is 0. The Labute approximate surface area is 399 Å². The SMILES string of the molecule is C=CCCC(=O)N[C@H](C(=O)O[C@H]1[C@@H](O)[C@H](n2cnc3c(N)ncnc32)O[C@@H]1COP(=O)(O)O[C@H]1C[C@H](n2ccc(N)nc2=O)O[C@@H]1COP(=O)(O)O)[C@H](C)C(=O)OCc1cc(OC)c(OC)cc1[N+](=O)[O-]. The van der Waals surface area contributed by atoms with E-state index >= 15 is 0 Å². The number of fused-ring (bicyclic) bond motifs is 1. The van der Waals surface area contributed by atoms with Gasteiger partial charge in [0.25, 0.3) is 5.69 Å². The van der Waals surface area contributed by atoms with E-state index in [-0.39, 0.29) is 52.7 Å². The Kier molecular flexibility index (Phi) is 17.2. The molecular weight excluding hydrogens is 994 g/mol. The van der Waals surface area contributed by atoms with Crippen LogP contribution in [-0.2, 0) is 62.6 Å². The molecule has 0 spiro atoms. The Morgan fingerprint density at radius 1 is 1.04 bits per heavy atom. The van der Waals surface area contributed by atoms with E-state index in [1.807, 2.05) is 0 Å². The van der Waals surface area contributed by atoms with Crippen LogP contribution in [0.4, 0.5) is 17.3 Å². The molecule has 3 aromatic heterocycles. The van der Waals surface area contributed by atoms with Crippen molar-refractivity contribution in [3.05, 3.63) is 75.9 Å². The van der Waals surface area contributed by atoms with Gasteiger partial charge in [0, 0.05) is 19.0 Å². The maximum absolute atomic E-state index is 14.3. The van der Waals surface area contributed by atoms with Crippen molar-refractivity contribution in [2.24, 2.45) is 5.92 Å². The number of hydrogen-bond acceptors (Lipinski definition) is 24. The number of carbonyl (C=O) groups excluding carboxylic acids is 3. The van der Waals surface area contributed by atoms with Crippen molar-refractivity contribution in [3.63, 3.8) is 0 Å². The van der Waals surface area contributed by atoms with Gasteiger partial charge in [0.2, 0.25) is 5.91 Å². The normalized spacial score (nSPS) is 22.8. The third kappa shape index (κ3) is 13.1. The van der Waals surface area contributed by atoms with Crippen LogP contribution in [0.3, 0.4) is 0 Å². The third-order valence-corrected chi connectivity index (χ3v) is 12.3. The number of nitrogen functional groups attached to an aromatic ring is 2. The van der Waals surface area contributed by atoms with Crippen molar-refractivity contribution in [1.82, 2.24) is 34.4 Å². The van der Waals surface area contributed by atoms with Crippen LogP contribution in [-0.4, -0.2) is 136 Å². The molecule has 0 aliphatic carbocycles. The van der Waals surface area contributed by atoms with E-state index in [4.69, 9.17) is 48.9 Å². The van der Waals surface area contributed by atoms with Crippen LogP contribution in [0.1, 0.15) is 44.2 Å². The van der Waals surface area contributed by atoms with Gasteiger partial charge in [-0.2, -0.15) is 4.98 Å². The molecule has 0 bridgehead atoms. The number of anilines is 2. The van der Waals surface area contributed by atoms with Crippen molar-refractivity contribution in [2.45, 2.75) is 81.8 Å². The molecule has 2 aliphatic heterocycles. The minimum absolute atomic E-state index is 0.00782. The fraction of sp³-hybridized carbons (Fsp3) is 0.474. The molecule has 386 valence electrons. The molecule has 9 N–H and O–H groups in total. The highest BCUT2D eigenvalue weighted by Crippen LogP contribution is 2.50. The smallest absolute Gasteiger partial charge is 0.472 e. The van der Waals surface area contributed by atoms with E-state index in [9.17, 15) is 58.2 Å². The number of aliphatic hydroxyl groups is 1. The number of ether oxygens (including phenoxy) is 6. The number of nitro benzene ring substituents is 1. The quantitative estimate of drug-likeness (QED) is 0.0170. The van der Waals surface area contributed by atoms with Gasteiger partial charge in [-0.05, 0) is 25.5 Å². The topological polar surface area (TPSA) is 435 Å². The van der Waals surface area contributed by atoms with Crippen molar-refractivity contribution in [3.8, 4) is 11.5 Å². The van der Waals surface area contributed by atoms with E-state index < -0.39 is 131 Å². The van der Waals surface area contributed by atoms with Crippen LogP contribution in [0.5, 0.6) is 11.5 Å². The minimum Gasteiger partial charge on any atom is -0.493 e. The zero-order valence-electron chi connectivity index (χ0n) is 37.6. The van der Waals surface area contributed by atoms with E-state index in [2.05, 4.69) is 36.4 Å². The van der Waals surface area contributed by atoms with Crippen molar-refractivity contribution < 1.29 is 90.2 Å². The molecule has 2 saturated heterocycles. The number of allylic oxidation sites excluding steroid dienone is 1. The lowest BCUT2D eigenvalue weighted by atomic mass is 10.0.